The summed E-state index contributed by atoms with van der Waals surface area (Å²) in [7, 11) is 7.38. The minimum Gasteiger partial charge on any atom is -0.493 e. The van der Waals surface area contributed by atoms with Crippen LogP contribution in [0.15, 0.2) is 41.5 Å². The predicted molar refractivity (Wildman–Crippen MR) is 101 cm³/mol. The van der Waals surface area contributed by atoms with E-state index in [9.17, 15) is 0 Å². The smallest absolute Gasteiger partial charge is 0.194 e. The number of aromatic nitrogens is 1. The number of benzene rings is 1. The molecule has 0 atom stereocenters. The molecule has 2 rings (SSSR count). The van der Waals surface area contributed by atoms with Crippen LogP contribution in [0.1, 0.15) is 18.2 Å². The molecule has 0 saturated heterocycles. The number of nitrogens with zero attached hydrogens (tertiary/aromatic N) is 3. The summed E-state index contributed by atoms with van der Waals surface area (Å²) in [4.78, 5) is 6.88. The van der Waals surface area contributed by atoms with E-state index in [1.165, 1.54) is 5.69 Å². The fourth-order valence-electron chi connectivity index (χ4n) is 2.69. The molecule has 1 N–H and O–H groups in total. The number of methoxy groups -OCH3 is 2. The molecule has 0 fully saturated rings. The number of guanidine groups is 1. The van der Waals surface area contributed by atoms with Crippen LogP contribution in [0.5, 0.6) is 11.5 Å². The van der Waals surface area contributed by atoms with Crippen molar-refractivity contribution in [1.82, 2.24) is 14.8 Å². The van der Waals surface area contributed by atoms with E-state index in [1.54, 1.807) is 14.2 Å². The average Bonchev–Trinajstić information content (AvgIpc) is 3.02. The van der Waals surface area contributed by atoms with Gasteiger partial charge in [-0.2, -0.15) is 0 Å². The maximum atomic E-state index is 5.49. The monoisotopic (exact) mass is 344 g/mol. The van der Waals surface area contributed by atoms with Gasteiger partial charge in [0.15, 0.2) is 17.5 Å². The van der Waals surface area contributed by atoms with Crippen molar-refractivity contribution < 1.29 is 9.47 Å². The molecule has 0 aliphatic carbocycles. The Morgan fingerprint density at radius 3 is 2.60 bits per heavy atom. The van der Waals surface area contributed by atoms with Crippen molar-refractivity contribution in [3.63, 3.8) is 0 Å². The third kappa shape index (κ3) is 4.68. The Kier molecular flexibility index (Phi) is 6.74. The molecule has 25 heavy (non-hydrogen) atoms. The molecule has 1 aromatic heterocycles. The Balaban J connectivity index is 2.18. The second-order valence-corrected chi connectivity index (χ2v) is 5.79. The summed E-state index contributed by atoms with van der Waals surface area (Å²) in [5, 5.41) is 3.35. The van der Waals surface area contributed by atoms with Gasteiger partial charge < -0.3 is 24.3 Å². The number of aliphatic imine (C=N–C) groups is 1. The van der Waals surface area contributed by atoms with Crippen LogP contribution in [0, 0.1) is 0 Å². The van der Waals surface area contributed by atoms with E-state index in [0.717, 1.165) is 36.1 Å². The van der Waals surface area contributed by atoms with Crippen molar-refractivity contribution in [3.05, 3.63) is 47.8 Å². The molecule has 0 saturated carbocycles. The Morgan fingerprint density at radius 1 is 1.20 bits per heavy atom. The zero-order valence-corrected chi connectivity index (χ0v) is 15.7. The second kappa shape index (κ2) is 9.01. The van der Waals surface area contributed by atoms with Gasteiger partial charge in [-0.25, -0.2) is 4.99 Å². The molecule has 0 amide bonds. The van der Waals surface area contributed by atoms with E-state index < -0.39 is 0 Å². The normalized spacial score (nSPS) is 11.3. The largest absolute Gasteiger partial charge is 0.493 e. The lowest BCUT2D eigenvalue weighted by Crippen LogP contribution is -2.38. The molecule has 0 aliphatic heterocycles. The van der Waals surface area contributed by atoms with Crippen molar-refractivity contribution >= 4 is 5.96 Å². The Morgan fingerprint density at radius 2 is 2.00 bits per heavy atom. The van der Waals surface area contributed by atoms with Gasteiger partial charge in [-0.1, -0.05) is 12.1 Å². The van der Waals surface area contributed by atoms with Crippen molar-refractivity contribution in [2.45, 2.75) is 20.0 Å². The SMILES string of the molecule is CCNC(=NCc1cccc(OC)c1OC)N(C)Cc1cccn1C. The molecule has 1 heterocycles. The summed E-state index contributed by atoms with van der Waals surface area (Å²) in [6.45, 7) is 4.17. The highest BCUT2D eigenvalue weighted by Gasteiger charge is 2.11. The summed E-state index contributed by atoms with van der Waals surface area (Å²) < 4.78 is 13.0. The quantitative estimate of drug-likeness (QED) is 0.620. The van der Waals surface area contributed by atoms with Crippen molar-refractivity contribution in [1.29, 1.82) is 0 Å². The summed E-state index contributed by atoms with van der Waals surface area (Å²) in [6.07, 6.45) is 2.05. The summed E-state index contributed by atoms with van der Waals surface area (Å²) >= 11 is 0. The van der Waals surface area contributed by atoms with Crippen molar-refractivity contribution in [2.75, 3.05) is 27.8 Å². The average molecular weight is 344 g/mol. The lowest BCUT2D eigenvalue weighted by Gasteiger charge is -2.22. The van der Waals surface area contributed by atoms with Crippen LogP contribution in [0.25, 0.3) is 0 Å². The van der Waals surface area contributed by atoms with Gasteiger partial charge in [-0.05, 0) is 25.1 Å². The Labute approximate surface area is 150 Å². The molecule has 0 bridgehead atoms. The first-order valence-electron chi connectivity index (χ1n) is 8.40. The Hall–Kier alpha value is -2.63. The molecule has 1 aromatic carbocycles. The van der Waals surface area contributed by atoms with Gasteiger partial charge in [0.05, 0.1) is 27.3 Å². The molecular weight excluding hydrogens is 316 g/mol. The van der Waals surface area contributed by atoms with Gasteiger partial charge in [0.25, 0.3) is 0 Å². The van der Waals surface area contributed by atoms with E-state index in [4.69, 9.17) is 14.5 Å². The zero-order chi connectivity index (χ0) is 18.2. The maximum Gasteiger partial charge on any atom is 0.194 e. The molecule has 0 unspecified atom stereocenters. The van der Waals surface area contributed by atoms with Gasteiger partial charge in [0.2, 0.25) is 0 Å². The van der Waals surface area contributed by atoms with E-state index in [2.05, 4.69) is 27.8 Å². The Bertz CT molecular complexity index is 709. The standard InChI is InChI=1S/C19H28N4O2/c1-6-20-19(23(3)14-16-10-8-12-22(16)2)21-13-15-9-7-11-17(24-4)18(15)25-5/h7-12H,6,13-14H2,1-5H3,(H,20,21). The van der Waals surface area contributed by atoms with Crippen LogP contribution in [0.2, 0.25) is 0 Å². The van der Waals surface area contributed by atoms with Crippen LogP contribution in [0.3, 0.4) is 0 Å². The lowest BCUT2D eigenvalue weighted by molar-refractivity contribution is 0.351. The highest BCUT2D eigenvalue weighted by Crippen LogP contribution is 2.31. The molecule has 136 valence electrons. The fraction of sp³-hybridized carbons (Fsp3) is 0.421. The minimum atomic E-state index is 0.514. The first-order valence-corrected chi connectivity index (χ1v) is 8.40. The number of rotatable bonds is 7. The third-order valence-corrected chi connectivity index (χ3v) is 4.03. The number of hydrogen-bond donors (Lipinski definition) is 1. The van der Waals surface area contributed by atoms with Crippen LogP contribution in [-0.2, 0) is 20.1 Å². The van der Waals surface area contributed by atoms with Gasteiger partial charge in [-0.15, -0.1) is 0 Å². The van der Waals surface area contributed by atoms with Crippen LogP contribution < -0.4 is 14.8 Å². The number of para-hydroxylation sites is 1. The second-order valence-electron chi connectivity index (χ2n) is 5.79. The molecule has 0 aliphatic rings. The van der Waals surface area contributed by atoms with Gasteiger partial charge in [0.1, 0.15) is 0 Å². The van der Waals surface area contributed by atoms with E-state index in [0.29, 0.717) is 6.54 Å². The number of nitrogens with one attached hydrogen (secondary N) is 1. The first kappa shape index (κ1) is 18.7. The molecular formula is C19H28N4O2. The van der Waals surface area contributed by atoms with E-state index >= 15 is 0 Å². The lowest BCUT2D eigenvalue weighted by atomic mass is 10.2. The maximum absolute atomic E-state index is 5.49. The number of aryl methyl sites for hydroxylation is 1. The molecule has 0 radical (unpaired) electrons. The van der Waals surface area contributed by atoms with Crippen LogP contribution >= 0.6 is 0 Å². The minimum absolute atomic E-state index is 0.514. The summed E-state index contributed by atoms with van der Waals surface area (Å²) in [5.41, 5.74) is 2.22. The highest BCUT2D eigenvalue weighted by molar-refractivity contribution is 5.79. The number of hydrogen-bond acceptors (Lipinski definition) is 3. The van der Waals surface area contributed by atoms with Gasteiger partial charge in [-0.3, -0.25) is 0 Å². The first-order chi connectivity index (χ1) is 12.1. The van der Waals surface area contributed by atoms with Crippen molar-refractivity contribution in [3.8, 4) is 11.5 Å². The van der Waals surface area contributed by atoms with Gasteiger partial charge >= 0.3 is 0 Å². The third-order valence-electron chi connectivity index (χ3n) is 4.03. The van der Waals surface area contributed by atoms with Crippen LogP contribution in [0.4, 0.5) is 0 Å². The fourth-order valence-corrected chi connectivity index (χ4v) is 2.69. The van der Waals surface area contributed by atoms with Crippen LogP contribution in [-0.4, -0.2) is 43.2 Å². The van der Waals surface area contributed by atoms with Crippen molar-refractivity contribution in [2.24, 2.45) is 12.0 Å². The van der Waals surface area contributed by atoms with E-state index in [-0.39, 0.29) is 0 Å². The molecule has 6 nitrogen and oxygen atoms in total. The molecule has 0 spiro atoms. The molecule has 6 heteroatoms. The predicted octanol–water partition coefficient (Wildman–Crippen LogP) is 2.64. The van der Waals surface area contributed by atoms with Gasteiger partial charge in [0, 0.05) is 38.1 Å². The zero-order valence-electron chi connectivity index (χ0n) is 15.7. The summed E-state index contributed by atoms with van der Waals surface area (Å²) in [5.74, 6) is 2.31. The topological polar surface area (TPSA) is 51.0 Å². The molecule has 2 aromatic rings. The number of ether oxygens (including phenoxy) is 2. The summed E-state index contributed by atoms with van der Waals surface area (Å²) in [6, 6.07) is 10.0. The van der Waals surface area contributed by atoms with E-state index in [1.807, 2.05) is 44.6 Å². The highest BCUT2D eigenvalue weighted by atomic mass is 16.5.